The van der Waals surface area contributed by atoms with Crippen LogP contribution in [0.25, 0.3) is 17.2 Å². The van der Waals surface area contributed by atoms with Gasteiger partial charge in [0.1, 0.15) is 12.3 Å². The molecule has 0 fully saturated rings. The molecular weight excluding hydrogens is 366 g/mol. The lowest BCUT2D eigenvalue weighted by molar-refractivity contribution is -0.132. The lowest BCUT2D eigenvalue weighted by atomic mass is 9.98. The number of ether oxygens (including phenoxy) is 1. The molecule has 3 aromatic rings. The van der Waals surface area contributed by atoms with Gasteiger partial charge >= 0.3 is 12.1 Å². The van der Waals surface area contributed by atoms with Gasteiger partial charge in [0.05, 0.1) is 0 Å². The van der Waals surface area contributed by atoms with Gasteiger partial charge in [0.25, 0.3) is 0 Å². The average Bonchev–Trinajstić information content (AvgIpc) is 3.06. The lowest BCUT2D eigenvalue weighted by Gasteiger charge is -2.14. The Balaban J connectivity index is 1.48. The highest BCUT2D eigenvalue weighted by molar-refractivity contribution is 5.95. The molecule has 0 saturated carbocycles. The number of amides is 1. The highest BCUT2D eigenvalue weighted by Gasteiger charge is 2.29. The third kappa shape index (κ3) is 3.89. The molecule has 0 saturated heterocycles. The van der Waals surface area contributed by atoms with E-state index in [0.29, 0.717) is 5.56 Å². The quantitative estimate of drug-likeness (QED) is 0.627. The summed E-state index contributed by atoms with van der Waals surface area (Å²) in [6.07, 6.45) is 0.598. The van der Waals surface area contributed by atoms with E-state index in [1.807, 2.05) is 42.5 Å². The Hall–Kier alpha value is -3.86. The summed E-state index contributed by atoms with van der Waals surface area (Å²) >= 11 is 0. The van der Waals surface area contributed by atoms with Crippen molar-refractivity contribution in [2.45, 2.75) is 5.92 Å². The molecule has 1 aliphatic carbocycles. The molecule has 3 aromatic carbocycles. The maximum atomic E-state index is 12.3. The van der Waals surface area contributed by atoms with E-state index in [1.54, 1.807) is 24.3 Å². The summed E-state index contributed by atoms with van der Waals surface area (Å²) in [5.41, 5.74) is 4.89. The first-order chi connectivity index (χ1) is 14.1. The van der Waals surface area contributed by atoms with Crippen molar-refractivity contribution in [3.63, 3.8) is 0 Å². The molecule has 5 nitrogen and oxygen atoms in total. The highest BCUT2D eigenvalue weighted by atomic mass is 16.5. The fraction of sp³-hybridized carbons (Fsp3) is 0.0833. The van der Waals surface area contributed by atoms with Crippen LogP contribution >= 0.6 is 0 Å². The zero-order chi connectivity index (χ0) is 20.2. The number of nitrogens with one attached hydrogen (secondary N) is 1. The number of fused-ring (bicyclic) bond motifs is 3. The molecule has 0 aliphatic heterocycles. The van der Waals surface area contributed by atoms with Crippen molar-refractivity contribution in [2.24, 2.45) is 0 Å². The SMILES string of the molecule is O=C(N/C(=C\c1ccccc1)C(=O)O)OCC1c2ccccc2-c2ccccc21. The summed E-state index contributed by atoms with van der Waals surface area (Å²) < 4.78 is 5.40. The number of carbonyl (C=O) groups is 2. The van der Waals surface area contributed by atoms with Crippen molar-refractivity contribution in [2.75, 3.05) is 6.61 Å². The van der Waals surface area contributed by atoms with Gasteiger partial charge in [-0.3, -0.25) is 5.32 Å². The number of hydrogen-bond donors (Lipinski definition) is 2. The minimum atomic E-state index is -1.23. The molecular formula is C24H19NO4. The Kier molecular flexibility index (Phi) is 5.12. The van der Waals surface area contributed by atoms with E-state index in [0.717, 1.165) is 22.3 Å². The Morgan fingerprint density at radius 3 is 2.00 bits per heavy atom. The van der Waals surface area contributed by atoms with E-state index >= 15 is 0 Å². The molecule has 2 N–H and O–H groups in total. The molecule has 0 heterocycles. The Morgan fingerprint density at radius 1 is 0.862 bits per heavy atom. The molecule has 1 aliphatic rings. The van der Waals surface area contributed by atoms with Crippen molar-refractivity contribution >= 4 is 18.1 Å². The minimum Gasteiger partial charge on any atom is -0.477 e. The van der Waals surface area contributed by atoms with Gasteiger partial charge in [-0.2, -0.15) is 0 Å². The second-order valence-electron chi connectivity index (χ2n) is 6.72. The molecule has 1 amide bonds. The van der Waals surface area contributed by atoms with E-state index < -0.39 is 12.1 Å². The molecule has 0 unspecified atom stereocenters. The Labute approximate surface area is 168 Å². The first kappa shape index (κ1) is 18.5. The monoisotopic (exact) mass is 385 g/mol. The number of benzene rings is 3. The van der Waals surface area contributed by atoms with Gasteiger partial charge < -0.3 is 9.84 Å². The number of hydrogen-bond acceptors (Lipinski definition) is 3. The molecule has 5 heteroatoms. The van der Waals surface area contributed by atoms with Gasteiger partial charge in [0.2, 0.25) is 0 Å². The first-order valence-electron chi connectivity index (χ1n) is 9.25. The second-order valence-corrected chi connectivity index (χ2v) is 6.72. The van der Waals surface area contributed by atoms with E-state index in [4.69, 9.17) is 4.74 Å². The standard InChI is InChI=1S/C24H19NO4/c26-23(27)22(14-16-8-2-1-3-9-16)25-24(28)29-15-21-19-12-6-4-10-17(19)18-11-5-7-13-20(18)21/h1-14,21H,15H2,(H,25,28)(H,26,27)/b22-14-. The smallest absolute Gasteiger partial charge is 0.411 e. The number of aliphatic carboxylic acids is 1. The van der Waals surface area contributed by atoms with Crippen molar-refractivity contribution in [3.05, 3.63) is 101 Å². The Morgan fingerprint density at radius 2 is 1.41 bits per heavy atom. The van der Waals surface area contributed by atoms with Gasteiger partial charge in [-0.25, -0.2) is 9.59 Å². The van der Waals surface area contributed by atoms with Gasteiger partial charge in [0, 0.05) is 5.92 Å². The number of rotatable bonds is 5. The maximum absolute atomic E-state index is 12.3. The summed E-state index contributed by atoms with van der Waals surface area (Å²) in [6, 6.07) is 25.0. The minimum absolute atomic E-state index is 0.0838. The summed E-state index contributed by atoms with van der Waals surface area (Å²) in [5, 5.41) is 11.7. The summed E-state index contributed by atoms with van der Waals surface area (Å²) in [7, 11) is 0. The number of carboxylic acid groups (broad SMARTS) is 1. The normalized spacial score (nSPS) is 12.8. The van der Waals surface area contributed by atoms with E-state index in [2.05, 4.69) is 17.4 Å². The summed E-state index contributed by atoms with van der Waals surface area (Å²) in [5.74, 6) is -1.32. The molecule has 0 aromatic heterocycles. The largest absolute Gasteiger partial charge is 0.477 e. The van der Waals surface area contributed by atoms with Crippen LogP contribution in [0.15, 0.2) is 84.6 Å². The summed E-state index contributed by atoms with van der Waals surface area (Å²) in [4.78, 5) is 23.8. The van der Waals surface area contributed by atoms with Gasteiger partial charge in [-0.1, -0.05) is 78.9 Å². The number of carbonyl (C=O) groups excluding carboxylic acids is 1. The van der Waals surface area contributed by atoms with Gasteiger partial charge in [-0.15, -0.1) is 0 Å². The lowest BCUT2D eigenvalue weighted by Crippen LogP contribution is -2.29. The zero-order valence-electron chi connectivity index (χ0n) is 15.5. The van der Waals surface area contributed by atoms with E-state index in [-0.39, 0.29) is 18.2 Å². The topological polar surface area (TPSA) is 75.6 Å². The third-order valence-electron chi connectivity index (χ3n) is 4.92. The van der Waals surface area contributed by atoms with E-state index in [1.165, 1.54) is 6.08 Å². The van der Waals surface area contributed by atoms with Gasteiger partial charge in [-0.05, 0) is 33.9 Å². The first-order valence-corrected chi connectivity index (χ1v) is 9.25. The molecule has 0 spiro atoms. The van der Waals surface area contributed by atoms with Crippen molar-refractivity contribution in [3.8, 4) is 11.1 Å². The third-order valence-corrected chi connectivity index (χ3v) is 4.92. The molecule has 0 radical (unpaired) electrons. The molecule has 0 atom stereocenters. The number of alkyl carbamates (subject to hydrolysis) is 1. The average molecular weight is 385 g/mol. The predicted octanol–water partition coefficient (Wildman–Crippen LogP) is 4.65. The second kappa shape index (κ2) is 8.02. The zero-order valence-corrected chi connectivity index (χ0v) is 15.5. The molecule has 4 rings (SSSR count). The van der Waals surface area contributed by atoms with Crippen LogP contribution in [-0.4, -0.2) is 23.8 Å². The number of carboxylic acids is 1. The van der Waals surface area contributed by atoms with Crippen LogP contribution in [0.2, 0.25) is 0 Å². The van der Waals surface area contributed by atoms with Crippen LogP contribution in [0.4, 0.5) is 4.79 Å². The van der Waals surface area contributed by atoms with E-state index in [9.17, 15) is 14.7 Å². The van der Waals surface area contributed by atoms with Crippen molar-refractivity contribution in [1.29, 1.82) is 0 Å². The van der Waals surface area contributed by atoms with Crippen LogP contribution in [-0.2, 0) is 9.53 Å². The highest BCUT2D eigenvalue weighted by Crippen LogP contribution is 2.44. The molecule has 29 heavy (non-hydrogen) atoms. The predicted molar refractivity (Wildman–Crippen MR) is 110 cm³/mol. The summed E-state index contributed by atoms with van der Waals surface area (Å²) in [6.45, 7) is 0.123. The Bertz CT molecular complexity index is 1040. The van der Waals surface area contributed by atoms with Crippen LogP contribution in [0.5, 0.6) is 0 Å². The molecule has 0 bridgehead atoms. The maximum Gasteiger partial charge on any atom is 0.411 e. The van der Waals surface area contributed by atoms with Crippen LogP contribution < -0.4 is 5.32 Å². The van der Waals surface area contributed by atoms with Crippen molar-refractivity contribution in [1.82, 2.24) is 5.32 Å². The fourth-order valence-corrected chi connectivity index (χ4v) is 3.61. The van der Waals surface area contributed by atoms with Crippen molar-refractivity contribution < 1.29 is 19.4 Å². The molecule has 144 valence electrons. The van der Waals surface area contributed by atoms with Crippen LogP contribution in [0.3, 0.4) is 0 Å². The van der Waals surface area contributed by atoms with Crippen LogP contribution in [0.1, 0.15) is 22.6 Å². The van der Waals surface area contributed by atoms with Crippen LogP contribution in [0, 0.1) is 0 Å². The fourth-order valence-electron chi connectivity index (χ4n) is 3.61. The van der Waals surface area contributed by atoms with Gasteiger partial charge in [0.15, 0.2) is 0 Å².